The molecule has 1 saturated carbocycles. The van der Waals surface area contributed by atoms with Crippen molar-refractivity contribution in [1.29, 1.82) is 0 Å². The molecule has 0 spiro atoms. The van der Waals surface area contributed by atoms with Crippen LogP contribution in [-0.4, -0.2) is 31.1 Å². The first-order chi connectivity index (χ1) is 12.9. The molecular formula is C23H30N2O. The van der Waals surface area contributed by atoms with Gasteiger partial charge in [0.15, 0.2) is 0 Å². The Morgan fingerprint density at radius 1 is 0.846 bits per heavy atom. The highest BCUT2D eigenvalue weighted by molar-refractivity contribution is 5.35. The van der Waals surface area contributed by atoms with Gasteiger partial charge in [0.2, 0.25) is 0 Å². The maximum absolute atomic E-state index is 6.11. The maximum Gasteiger partial charge on any atom is 0.127 e. The van der Waals surface area contributed by atoms with Crippen molar-refractivity contribution in [2.75, 3.05) is 26.2 Å². The van der Waals surface area contributed by atoms with Gasteiger partial charge in [-0.15, -0.1) is 0 Å². The third-order valence-electron chi connectivity index (χ3n) is 5.82. The summed E-state index contributed by atoms with van der Waals surface area (Å²) >= 11 is 0. The van der Waals surface area contributed by atoms with Crippen LogP contribution in [0.2, 0.25) is 0 Å². The van der Waals surface area contributed by atoms with Crippen LogP contribution in [0.15, 0.2) is 54.6 Å². The van der Waals surface area contributed by atoms with E-state index >= 15 is 0 Å². The number of hydrogen-bond acceptors (Lipinski definition) is 3. The van der Waals surface area contributed by atoms with Crippen LogP contribution in [0.3, 0.4) is 0 Å². The van der Waals surface area contributed by atoms with Gasteiger partial charge in [0.1, 0.15) is 11.5 Å². The molecule has 2 aromatic carbocycles. The second-order valence-electron chi connectivity index (χ2n) is 7.62. The average Bonchev–Trinajstić information content (AvgIpc) is 2.71. The number of piperazine rings is 1. The van der Waals surface area contributed by atoms with Crippen molar-refractivity contribution in [3.63, 3.8) is 0 Å². The third-order valence-corrected chi connectivity index (χ3v) is 5.82. The third kappa shape index (κ3) is 4.28. The van der Waals surface area contributed by atoms with Gasteiger partial charge in [-0.2, -0.15) is 0 Å². The fraction of sp³-hybridized carbons (Fsp3) is 0.478. The van der Waals surface area contributed by atoms with Crippen LogP contribution in [-0.2, 0) is 0 Å². The van der Waals surface area contributed by atoms with Gasteiger partial charge in [0, 0.05) is 32.2 Å². The molecular weight excluding hydrogens is 320 g/mol. The lowest BCUT2D eigenvalue weighted by molar-refractivity contribution is 0.103. The van der Waals surface area contributed by atoms with Crippen LogP contribution < -0.4 is 10.1 Å². The van der Waals surface area contributed by atoms with E-state index in [2.05, 4.69) is 34.5 Å². The second-order valence-corrected chi connectivity index (χ2v) is 7.62. The molecule has 1 aliphatic carbocycles. The predicted molar refractivity (Wildman–Crippen MR) is 107 cm³/mol. The second kappa shape index (κ2) is 8.70. The van der Waals surface area contributed by atoms with E-state index < -0.39 is 0 Å². The molecule has 1 atom stereocenters. The summed E-state index contributed by atoms with van der Waals surface area (Å²) in [5.74, 6) is 2.62. The maximum atomic E-state index is 6.11. The van der Waals surface area contributed by atoms with Crippen molar-refractivity contribution in [1.82, 2.24) is 10.2 Å². The molecule has 1 heterocycles. The Labute approximate surface area is 157 Å². The summed E-state index contributed by atoms with van der Waals surface area (Å²) in [6, 6.07) is 19.4. The Morgan fingerprint density at radius 2 is 1.58 bits per heavy atom. The van der Waals surface area contributed by atoms with Gasteiger partial charge >= 0.3 is 0 Å². The molecule has 0 amide bonds. The van der Waals surface area contributed by atoms with E-state index in [1.807, 2.05) is 30.3 Å². The summed E-state index contributed by atoms with van der Waals surface area (Å²) in [6.45, 7) is 4.49. The molecule has 2 aromatic rings. The summed E-state index contributed by atoms with van der Waals surface area (Å²) in [5.41, 5.74) is 1.42. The van der Waals surface area contributed by atoms with Crippen molar-refractivity contribution in [3.05, 3.63) is 60.2 Å². The molecule has 0 radical (unpaired) electrons. The SMILES string of the molecule is c1ccc(Oc2cccc([C@@H](C3CCCCC3)N3CCNCC3)c2)cc1. The minimum atomic E-state index is 0.525. The number of hydrogen-bond donors (Lipinski definition) is 1. The number of nitrogens with zero attached hydrogens (tertiary/aromatic N) is 1. The molecule has 4 rings (SSSR count). The van der Waals surface area contributed by atoms with Crippen LogP contribution in [0.25, 0.3) is 0 Å². The normalized spacial score (nSPS) is 20.6. The van der Waals surface area contributed by atoms with Crippen LogP contribution in [0.1, 0.15) is 43.7 Å². The minimum Gasteiger partial charge on any atom is -0.457 e. The Kier molecular flexibility index (Phi) is 5.88. The zero-order valence-corrected chi connectivity index (χ0v) is 15.6. The van der Waals surface area contributed by atoms with Crippen LogP contribution in [0, 0.1) is 5.92 Å². The summed E-state index contributed by atoms with van der Waals surface area (Å²) in [6.07, 6.45) is 6.89. The lowest BCUT2D eigenvalue weighted by Gasteiger charge is -2.41. The fourth-order valence-electron chi connectivity index (χ4n) is 4.58. The summed E-state index contributed by atoms with van der Waals surface area (Å²) < 4.78 is 6.11. The van der Waals surface area contributed by atoms with Gasteiger partial charge in [0.05, 0.1) is 0 Å². The number of benzene rings is 2. The lowest BCUT2D eigenvalue weighted by Crippen LogP contribution is -2.47. The average molecular weight is 351 g/mol. The molecule has 2 aliphatic rings. The monoisotopic (exact) mass is 350 g/mol. The minimum absolute atomic E-state index is 0.525. The van der Waals surface area contributed by atoms with Crippen molar-refractivity contribution in [2.24, 2.45) is 5.92 Å². The molecule has 0 bridgehead atoms. The van der Waals surface area contributed by atoms with Crippen molar-refractivity contribution >= 4 is 0 Å². The largest absolute Gasteiger partial charge is 0.457 e. The molecule has 3 nitrogen and oxygen atoms in total. The van der Waals surface area contributed by atoms with Gasteiger partial charge in [-0.05, 0) is 48.6 Å². The first kappa shape index (κ1) is 17.6. The molecule has 1 aliphatic heterocycles. The van der Waals surface area contributed by atoms with Gasteiger partial charge in [-0.25, -0.2) is 0 Å². The highest BCUT2D eigenvalue weighted by Crippen LogP contribution is 2.39. The van der Waals surface area contributed by atoms with E-state index in [0.29, 0.717) is 6.04 Å². The highest BCUT2D eigenvalue weighted by atomic mass is 16.5. The zero-order valence-electron chi connectivity index (χ0n) is 15.6. The van der Waals surface area contributed by atoms with Crippen LogP contribution >= 0.6 is 0 Å². The first-order valence-corrected chi connectivity index (χ1v) is 10.2. The molecule has 2 fully saturated rings. The Balaban J connectivity index is 1.58. The number of nitrogens with one attached hydrogen (secondary N) is 1. The predicted octanol–water partition coefficient (Wildman–Crippen LogP) is 5.01. The summed E-state index contributed by atoms with van der Waals surface area (Å²) in [7, 11) is 0. The summed E-state index contributed by atoms with van der Waals surface area (Å²) in [5, 5.41) is 3.50. The molecule has 1 N–H and O–H groups in total. The van der Waals surface area contributed by atoms with E-state index in [1.54, 1.807) is 0 Å². The molecule has 26 heavy (non-hydrogen) atoms. The van der Waals surface area contributed by atoms with Gasteiger partial charge < -0.3 is 10.1 Å². The van der Waals surface area contributed by atoms with Crippen molar-refractivity contribution in [3.8, 4) is 11.5 Å². The van der Waals surface area contributed by atoms with Crippen LogP contribution in [0.5, 0.6) is 11.5 Å². The van der Waals surface area contributed by atoms with Gasteiger partial charge in [-0.1, -0.05) is 49.6 Å². The Bertz CT molecular complexity index is 658. The zero-order chi connectivity index (χ0) is 17.6. The van der Waals surface area contributed by atoms with Crippen molar-refractivity contribution in [2.45, 2.75) is 38.1 Å². The van der Waals surface area contributed by atoms with Gasteiger partial charge in [-0.3, -0.25) is 4.90 Å². The van der Waals surface area contributed by atoms with E-state index in [1.165, 1.54) is 37.7 Å². The van der Waals surface area contributed by atoms with E-state index in [4.69, 9.17) is 4.74 Å². The number of rotatable bonds is 5. The van der Waals surface area contributed by atoms with E-state index in [-0.39, 0.29) is 0 Å². The lowest BCUT2D eigenvalue weighted by atomic mass is 9.80. The smallest absolute Gasteiger partial charge is 0.127 e. The Morgan fingerprint density at radius 3 is 2.35 bits per heavy atom. The summed E-state index contributed by atoms with van der Waals surface area (Å²) in [4.78, 5) is 2.70. The fourth-order valence-corrected chi connectivity index (χ4v) is 4.58. The molecule has 1 saturated heterocycles. The standard InChI is InChI=1S/C23H30N2O/c1-3-8-19(9-4-1)23(25-16-14-24-15-17-25)20-10-7-13-22(18-20)26-21-11-5-2-6-12-21/h2,5-7,10-13,18-19,23-24H,1,3-4,8-9,14-17H2/t23-/m1/s1. The number of para-hydroxylation sites is 1. The van der Waals surface area contributed by atoms with Crippen LogP contribution in [0.4, 0.5) is 0 Å². The number of ether oxygens (including phenoxy) is 1. The highest BCUT2D eigenvalue weighted by Gasteiger charge is 2.31. The molecule has 0 aromatic heterocycles. The quantitative estimate of drug-likeness (QED) is 0.821. The molecule has 3 heteroatoms. The first-order valence-electron chi connectivity index (χ1n) is 10.2. The van der Waals surface area contributed by atoms with E-state index in [9.17, 15) is 0 Å². The van der Waals surface area contributed by atoms with Gasteiger partial charge in [0.25, 0.3) is 0 Å². The van der Waals surface area contributed by atoms with E-state index in [0.717, 1.165) is 43.6 Å². The molecule has 138 valence electrons. The van der Waals surface area contributed by atoms with Crippen molar-refractivity contribution < 1.29 is 4.74 Å². The Hall–Kier alpha value is -1.84. The topological polar surface area (TPSA) is 24.5 Å². The molecule has 0 unspecified atom stereocenters.